The molecule has 4 rings (SSSR count). The van der Waals surface area contributed by atoms with Gasteiger partial charge in [-0.15, -0.1) is 0 Å². The molecule has 0 atom stereocenters. The van der Waals surface area contributed by atoms with E-state index in [1.807, 2.05) is 43.3 Å². The minimum Gasteiger partial charge on any atom is -0.350 e. The summed E-state index contributed by atoms with van der Waals surface area (Å²) in [5, 5.41) is 9.76. The first kappa shape index (κ1) is 22.8. The van der Waals surface area contributed by atoms with Gasteiger partial charge in [-0.05, 0) is 48.0 Å². The molecule has 2 heterocycles. The molecule has 2 N–H and O–H groups in total. The molecule has 0 radical (unpaired) electrons. The van der Waals surface area contributed by atoms with Gasteiger partial charge in [0, 0.05) is 24.4 Å². The van der Waals surface area contributed by atoms with Gasteiger partial charge in [0.25, 0.3) is 17.1 Å². The molecule has 0 saturated carbocycles. The Kier molecular flexibility index (Phi) is 7.26. The zero-order valence-corrected chi connectivity index (χ0v) is 19.4. The molecule has 1 fully saturated rings. The van der Waals surface area contributed by atoms with Crippen molar-refractivity contribution < 1.29 is 14.4 Å². The average Bonchev–Trinajstić information content (AvgIpc) is 3.43. The van der Waals surface area contributed by atoms with Crippen molar-refractivity contribution in [1.29, 1.82) is 0 Å². The van der Waals surface area contributed by atoms with Crippen molar-refractivity contribution in [1.82, 2.24) is 25.4 Å². The molecule has 1 aromatic heterocycles. The highest BCUT2D eigenvalue weighted by atomic mass is 32.2. The number of thioether (sulfide) groups is 2. The molecule has 168 valence electrons. The number of carbonyl (C=O) groups excluding carboxylic acids is 3. The van der Waals surface area contributed by atoms with Crippen LogP contribution in [0.5, 0.6) is 0 Å². The number of carbonyl (C=O) groups is 3. The lowest BCUT2D eigenvalue weighted by Gasteiger charge is -2.13. The van der Waals surface area contributed by atoms with Crippen LogP contribution in [0.1, 0.15) is 27.0 Å². The SMILES string of the molecule is Cc1ccc(/C=C2\SC(=O)N(CCNC(=O)c3ccc(CSc4ncn[nH]4)cc3)C2=O)cc1. The summed E-state index contributed by atoms with van der Waals surface area (Å²) in [5.41, 5.74) is 3.54. The van der Waals surface area contributed by atoms with Crippen LogP contribution >= 0.6 is 23.5 Å². The van der Waals surface area contributed by atoms with Gasteiger partial charge in [-0.25, -0.2) is 4.98 Å². The number of aryl methyl sites for hydroxylation is 1. The standard InChI is InChI=1S/C23H21N5O3S2/c1-15-2-4-16(5-3-15)12-19-21(30)28(23(31)33-19)11-10-24-20(29)18-8-6-17(7-9-18)13-32-22-25-14-26-27-22/h2-9,12,14H,10-11,13H2,1H3,(H,24,29)(H,25,26,27)/b19-12-. The summed E-state index contributed by atoms with van der Waals surface area (Å²) in [4.78, 5) is 42.9. The van der Waals surface area contributed by atoms with Crippen LogP contribution in [-0.4, -0.2) is 50.2 Å². The van der Waals surface area contributed by atoms with Gasteiger partial charge in [0.1, 0.15) is 6.33 Å². The van der Waals surface area contributed by atoms with Crippen molar-refractivity contribution in [3.63, 3.8) is 0 Å². The second-order valence-electron chi connectivity index (χ2n) is 7.28. The topological polar surface area (TPSA) is 108 Å². The first-order chi connectivity index (χ1) is 16.0. The van der Waals surface area contributed by atoms with Crippen molar-refractivity contribution >= 4 is 46.7 Å². The summed E-state index contributed by atoms with van der Waals surface area (Å²) in [6.07, 6.45) is 3.17. The van der Waals surface area contributed by atoms with E-state index in [0.29, 0.717) is 16.2 Å². The predicted molar refractivity (Wildman–Crippen MR) is 129 cm³/mol. The maximum atomic E-state index is 12.6. The van der Waals surface area contributed by atoms with Crippen LogP contribution in [0.3, 0.4) is 0 Å². The normalized spacial score (nSPS) is 14.8. The maximum Gasteiger partial charge on any atom is 0.293 e. The summed E-state index contributed by atoms with van der Waals surface area (Å²) < 4.78 is 0. The predicted octanol–water partition coefficient (Wildman–Crippen LogP) is 3.87. The Bertz CT molecular complexity index is 1180. The van der Waals surface area contributed by atoms with E-state index in [0.717, 1.165) is 38.5 Å². The van der Waals surface area contributed by atoms with Crippen LogP contribution in [0.15, 0.2) is 64.9 Å². The molecule has 3 amide bonds. The molecule has 0 aliphatic carbocycles. The summed E-state index contributed by atoms with van der Waals surface area (Å²) >= 11 is 2.43. The number of nitrogens with one attached hydrogen (secondary N) is 2. The summed E-state index contributed by atoms with van der Waals surface area (Å²) in [6.45, 7) is 2.28. The third-order valence-corrected chi connectivity index (χ3v) is 6.71. The Balaban J connectivity index is 1.27. The third kappa shape index (κ3) is 5.91. The van der Waals surface area contributed by atoms with E-state index < -0.39 is 0 Å². The fraction of sp³-hybridized carbons (Fsp3) is 0.174. The molecule has 8 nitrogen and oxygen atoms in total. The first-order valence-electron chi connectivity index (χ1n) is 10.2. The Labute approximate surface area is 199 Å². The minimum absolute atomic E-state index is 0.119. The molecule has 1 aliphatic rings. The Hall–Kier alpha value is -3.37. The van der Waals surface area contributed by atoms with E-state index in [1.54, 1.807) is 18.2 Å². The molecule has 10 heteroatoms. The highest BCUT2D eigenvalue weighted by Gasteiger charge is 2.34. The fourth-order valence-corrected chi connectivity index (χ4v) is 4.66. The van der Waals surface area contributed by atoms with E-state index in [9.17, 15) is 14.4 Å². The second kappa shape index (κ2) is 10.5. The number of H-pyrrole nitrogens is 1. The number of aromatic amines is 1. The number of hydrogen-bond acceptors (Lipinski definition) is 7. The van der Waals surface area contributed by atoms with Crippen LogP contribution in [-0.2, 0) is 10.5 Å². The van der Waals surface area contributed by atoms with Crippen LogP contribution < -0.4 is 5.32 Å². The van der Waals surface area contributed by atoms with Gasteiger partial charge in [-0.3, -0.25) is 24.4 Å². The molecule has 1 aliphatic heterocycles. The number of imide groups is 1. The van der Waals surface area contributed by atoms with Crippen molar-refractivity contribution in [3.05, 3.63) is 82.0 Å². The Morgan fingerprint density at radius 2 is 1.91 bits per heavy atom. The lowest BCUT2D eigenvalue weighted by Crippen LogP contribution is -2.37. The van der Waals surface area contributed by atoms with Gasteiger partial charge in [-0.2, -0.15) is 5.10 Å². The number of benzene rings is 2. The summed E-state index contributed by atoms with van der Waals surface area (Å²) in [6, 6.07) is 15.0. The van der Waals surface area contributed by atoms with Crippen LogP contribution in [0.2, 0.25) is 0 Å². The Morgan fingerprint density at radius 3 is 2.61 bits per heavy atom. The van der Waals surface area contributed by atoms with Crippen molar-refractivity contribution in [2.45, 2.75) is 17.8 Å². The van der Waals surface area contributed by atoms with Gasteiger partial charge < -0.3 is 5.32 Å². The van der Waals surface area contributed by atoms with Gasteiger partial charge >= 0.3 is 0 Å². The van der Waals surface area contributed by atoms with Crippen LogP contribution in [0.25, 0.3) is 6.08 Å². The van der Waals surface area contributed by atoms with Crippen molar-refractivity contribution in [2.75, 3.05) is 13.1 Å². The van der Waals surface area contributed by atoms with Crippen LogP contribution in [0, 0.1) is 6.92 Å². The molecule has 33 heavy (non-hydrogen) atoms. The zero-order valence-electron chi connectivity index (χ0n) is 17.8. The number of rotatable bonds is 8. The quantitative estimate of drug-likeness (QED) is 0.373. The molecular weight excluding hydrogens is 458 g/mol. The van der Waals surface area contributed by atoms with Crippen LogP contribution in [0.4, 0.5) is 4.79 Å². The Morgan fingerprint density at radius 1 is 1.15 bits per heavy atom. The van der Waals surface area contributed by atoms with Gasteiger partial charge in [0.15, 0.2) is 5.16 Å². The lowest BCUT2D eigenvalue weighted by molar-refractivity contribution is -0.122. The molecule has 3 aromatic rings. The number of amides is 3. The lowest BCUT2D eigenvalue weighted by atomic mass is 10.1. The summed E-state index contributed by atoms with van der Waals surface area (Å²) in [5.74, 6) is 0.104. The monoisotopic (exact) mass is 479 g/mol. The van der Waals surface area contributed by atoms with E-state index in [-0.39, 0.29) is 30.1 Å². The number of aromatic nitrogens is 3. The first-order valence-corrected chi connectivity index (χ1v) is 12.0. The molecular formula is C23H21N5O3S2. The molecule has 0 spiro atoms. The van der Waals surface area contributed by atoms with E-state index in [1.165, 1.54) is 18.1 Å². The number of nitrogens with zero attached hydrogens (tertiary/aromatic N) is 3. The summed E-state index contributed by atoms with van der Waals surface area (Å²) in [7, 11) is 0. The van der Waals surface area contributed by atoms with E-state index >= 15 is 0 Å². The minimum atomic E-state index is -0.339. The molecule has 1 saturated heterocycles. The van der Waals surface area contributed by atoms with E-state index in [4.69, 9.17) is 0 Å². The highest BCUT2D eigenvalue weighted by molar-refractivity contribution is 8.18. The number of hydrogen-bond donors (Lipinski definition) is 2. The van der Waals surface area contributed by atoms with Gasteiger partial charge in [-0.1, -0.05) is 53.7 Å². The molecule has 0 bridgehead atoms. The smallest absolute Gasteiger partial charge is 0.293 e. The second-order valence-corrected chi connectivity index (χ2v) is 9.23. The molecule has 2 aromatic carbocycles. The fourth-order valence-electron chi connectivity index (χ4n) is 3.06. The zero-order chi connectivity index (χ0) is 23.2. The highest BCUT2D eigenvalue weighted by Crippen LogP contribution is 2.31. The largest absolute Gasteiger partial charge is 0.350 e. The van der Waals surface area contributed by atoms with Crippen molar-refractivity contribution in [3.8, 4) is 0 Å². The van der Waals surface area contributed by atoms with E-state index in [2.05, 4.69) is 20.5 Å². The average molecular weight is 480 g/mol. The third-order valence-electron chi connectivity index (χ3n) is 4.85. The van der Waals surface area contributed by atoms with Gasteiger partial charge in [0.05, 0.1) is 4.91 Å². The molecule has 0 unspecified atom stereocenters. The van der Waals surface area contributed by atoms with Crippen molar-refractivity contribution in [2.24, 2.45) is 0 Å². The van der Waals surface area contributed by atoms with Gasteiger partial charge in [0.2, 0.25) is 0 Å². The maximum absolute atomic E-state index is 12.6.